The van der Waals surface area contributed by atoms with Gasteiger partial charge in [-0.05, 0) is 48.2 Å². The Morgan fingerprint density at radius 3 is 2.50 bits per heavy atom. The Labute approximate surface area is 129 Å². The summed E-state index contributed by atoms with van der Waals surface area (Å²) in [5.41, 5.74) is 2.95. The van der Waals surface area contributed by atoms with Gasteiger partial charge in [0.2, 0.25) is 0 Å². The van der Waals surface area contributed by atoms with Crippen LogP contribution in [0.3, 0.4) is 0 Å². The summed E-state index contributed by atoms with van der Waals surface area (Å²) in [6, 6.07) is 17.1. The van der Waals surface area contributed by atoms with E-state index in [9.17, 15) is 4.79 Å². The second kappa shape index (κ2) is 6.43. The minimum Gasteiger partial charge on any atom is -0.489 e. The highest BCUT2D eigenvalue weighted by Gasteiger charge is 2.24. The van der Waals surface area contributed by atoms with Crippen LogP contribution < -0.4 is 4.74 Å². The standard InChI is InChI=1S/C18H17NO3/c20-18(21)17-11-10-16(19-17)14-6-8-15(9-7-14)22-12-13-4-2-1-3-5-13/h1-9,17H,10-12H2,(H,20,21). The molecule has 0 aliphatic carbocycles. The number of ether oxygens (including phenoxy) is 1. The van der Waals surface area contributed by atoms with Gasteiger partial charge in [-0.15, -0.1) is 0 Å². The Hall–Kier alpha value is -2.62. The van der Waals surface area contributed by atoms with Gasteiger partial charge in [0, 0.05) is 5.71 Å². The quantitative estimate of drug-likeness (QED) is 0.920. The molecule has 2 aromatic carbocycles. The summed E-state index contributed by atoms with van der Waals surface area (Å²) in [7, 11) is 0. The Bertz CT molecular complexity index is 677. The number of carboxylic acid groups (broad SMARTS) is 1. The molecule has 1 atom stereocenters. The summed E-state index contributed by atoms with van der Waals surface area (Å²) in [4.78, 5) is 15.2. The van der Waals surface area contributed by atoms with Crippen LogP contribution >= 0.6 is 0 Å². The number of carboxylic acids is 1. The molecule has 0 spiro atoms. The van der Waals surface area contributed by atoms with Gasteiger partial charge in [-0.3, -0.25) is 4.99 Å². The number of nitrogens with zero attached hydrogens (tertiary/aromatic N) is 1. The molecule has 4 heteroatoms. The van der Waals surface area contributed by atoms with Crippen LogP contribution in [-0.2, 0) is 11.4 Å². The number of hydrogen-bond donors (Lipinski definition) is 1. The van der Waals surface area contributed by atoms with E-state index in [1.165, 1.54) is 0 Å². The molecule has 4 nitrogen and oxygen atoms in total. The molecule has 0 radical (unpaired) electrons. The number of aliphatic carboxylic acids is 1. The fraction of sp³-hybridized carbons (Fsp3) is 0.222. The summed E-state index contributed by atoms with van der Waals surface area (Å²) in [6.45, 7) is 0.530. The van der Waals surface area contributed by atoms with Crippen molar-refractivity contribution in [2.24, 2.45) is 4.99 Å². The van der Waals surface area contributed by atoms with Gasteiger partial charge in [-0.25, -0.2) is 4.79 Å². The average molecular weight is 295 g/mol. The van der Waals surface area contributed by atoms with Crippen molar-refractivity contribution in [2.75, 3.05) is 0 Å². The summed E-state index contributed by atoms with van der Waals surface area (Å²) < 4.78 is 5.74. The van der Waals surface area contributed by atoms with Crippen molar-refractivity contribution in [1.29, 1.82) is 0 Å². The lowest BCUT2D eigenvalue weighted by Gasteiger charge is -2.07. The van der Waals surface area contributed by atoms with E-state index in [0.717, 1.165) is 22.6 Å². The molecule has 0 saturated heterocycles. The first-order chi connectivity index (χ1) is 10.7. The highest BCUT2D eigenvalue weighted by Crippen LogP contribution is 2.21. The van der Waals surface area contributed by atoms with Crippen LogP contribution in [0.1, 0.15) is 24.0 Å². The highest BCUT2D eigenvalue weighted by atomic mass is 16.5. The van der Waals surface area contributed by atoms with Gasteiger partial charge in [0.25, 0.3) is 0 Å². The first-order valence-corrected chi connectivity index (χ1v) is 7.29. The molecule has 1 aliphatic heterocycles. The van der Waals surface area contributed by atoms with E-state index in [-0.39, 0.29) is 0 Å². The lowest BCUT2D eigenvalue weighted by molar-refractivity contribution is -0.138. The first kappa shape index (κ1) is 14.3. The predicted octanol–water partition coefficient (Wildman–Crippen LogP) is 3.30. The maximum atomic E-state index is 10.9. The summed E-state index contributed by atoms with van der Waals surface area (Å²) >= 11 is 0. The monoisotopic (exact) mass is 295 g/mol. The average Bonchev–Trinajstić information content (AvgIpc) is 3.05. The Balaban J connectivity index is 1.63. The van der Waals surface area contributed by atoms with Crippen LogP contribution in [0.5, 0.6) is 5.75 Å². The SMILES string of the molecule is O=C(O)C1CCC(c2ccc(OCc3ccccc3)cc2)=N1. The second-order valence-corrected chi connectivity index (χ2v) is 5.27. The Morgan fingerprint density at radius 1 is 1.14 bits per heavy atom. The van der Waals surface area contributed by atoms with Crippen molar-refractivity contribution in [3.05, 3.63) is 65.7 Å². The molecule has 1 N–H and O–H groups in total. The van der Waals surface area contributed by atoms with Gasteiger partial charge < -0.3 is 9.84 Å². The van der Waals surface area contributed by atoms with Crippen molar-refractivity contribution >= 4 is 11.7 Å². The molecule has 1 unspecified atom stereocenters. The maximum absolute atomic E-state index is 10.9. The minimum atomic E-state index is -0.849. The van der Waals surface area contributed by atoms with Crippen LogP contribution in [0.2, 0.25) is 0 Å². The summed E-state index contributed by atoms with van der Waals surface area (Å²) in [5.74, 6) is -0.0567. The topological polar surface area (TPSA) is 58.9 Å². The van der Waals surface area contributed by atoms with Crippen LogP contribution in [0, 0.1) is 0 Å². The molecule has 1 aliphatic rings. The normalized spacial score (nSPS) is 17.1. The van der Waals surface area contributed by atoms with Crippen LogP contribution in [0.4, 0.5) is 0 Å². The molecular weight excluding hydrogens is 278 g/mol. The fourth-order valence-electron chi connectivity index (χ4n) is 2.47. The lowest BCUT2D eigenvalue weighted by Crippen LogP contribution is -2.13. The number of aliphatic imine (C=N–C) groups is 1. The van der Waals surface area contributed by atoms with Gasteiger partial charge in [-0.1, -0.05) is 30.3 Å². The van der Waals surface area contributed by atoms with E-state index in [1.807, 2.05) is 54.6 Å². The molecule has 0 fully saturated rings. The third-order valence-corrected chi connectivity index (χ3v) is 3.69. The van der Waals surface area contributed by atoms with Crippen LogP contribution in [0.15, 0.2) is 59.6 Å². The molecule has 2 aromatic rings. The molecular formula is C18H17NO3. The Morgan fingerprint density at radius 2 is 1.86 bits per heavy atom. The lowest BCUT2D eigenvalue weighted by atomic mass is 10.1. The first-order valence-electron chi connectivity index (χ1n) is 7.29. The van der Waals surface area contributed by atoms with E-state index in [0.29, 0.717) is 19.4 Å². The number of rotatable bonds is 5. The van der Waals surface area contributed by atoms with Gasteiger partial charge in [0.15, 0.2) is 0 Å². The maximum Gasteiger partial charge on any atom is 0.328 e. The number of hydrogen-bond acceptors (Lipinski definition) is 3. The van der Waals surface area contributed by atoms with E-state index in [1.54, 1.807) is 0 Å². The second-order valence-electron chi connectivity index (χ2n) is 5.27. The van der Waals surface area contributed by atoms with Crippen molar-refractivity contribution in [3.63, 3.8) is 0 Å². The molecule has 1 heterocycles. The largest absolute Gasteiger partial charge is 0.489 e. The van der Waals surface area contributed by atoms with E-state index in [2.05, 4.69) is 4.99 Å². The zero-order valence-corrected chi connectivity index (χ0v) is 12.1. The third-order valence-electron chi connectivity index (χ3n) is 3.69. The molecule has 0 bridgehead atoms. The van der Waals surface area contributed by atoms with Crippen molar-refractivity contribution in [3.8, 4) is 5.75 Å². The van der Waals surface area contributed by atoms with Gasteiger partial charge >= 0.3 is 5.97 Å². The van der Waals surface area contributed by atoms with Crippen LogP contribution in [0.25, 0.3) is 0 Å². The van der Waals surface area contributed by atoms with Crippen molar-refractivity contribution in [1.82, 2.24) is 0 Å². The van der Waals surface area contributed by atoms with Crippen molar-refractivity contribution < 1.29 is 14.6 Å². The predicted molar refractivity (Wildman–Crippen MR) is 84.4 cm³/mol. The third kappa shape index (κ3) is 3.34. The van der Waals surface area contributed by atoms with E-state index >= 15 is 0 Å². The molecule has 0 amide bonds. The van der Waals surface area contributed by atoms with Gasteiger partial charge in [0.05, 0.1) is 0 Å². The fourth-order valence-corrected chi connectivity index (χ4v) is 2.47. The smallest absolute Gasteiger partial charge is 0.328 e. The zero-order chi connectivity index (χ0) is 15.4. The van der Waals surface area contributed by atoms with Gasteiger partial charge in [0.1, 0.15) is 18.4 Å². The summed E-state index contributed by atoms with van der Waals surface area (Å²) in [5, 5.41) is 8.97. The zero-order valence-electron chi connectivity index (χ0n) is 12.1. The molecule has 3 rings (SSSR count). The molecule has 112 valence electrons. The van der Waals surface area contributed by atoms with Gasteiger partial charge in [-0.2, -0.15) is 0 Å². The van der Waals surface area contributed by atoms with Crippen LogP contribution in [-0.4, -0.2) is 22.8 Å². The van der Waals surface area contributed by atoms with E-state index < -0.39 is 12.0 Å². The number of carbonyl (C=O) groups is 1. The van der Waals surface area contributed by atoms with Crippen molar-refractivity contribution in [2.45, 2.75) is 25.5 Å². The molecule has 22 heavy (non-hydrogen) atoms. The van der Waals surface area contributed by atoms with E-state index in [4.69, 9.17) is 9.84 Å². The molecule has 0 aromatic heterocycles. The summed E-state index contributed by atoms with van der Waals surface area (Å²) in [6.07, 6.45) is 1.29. The highest BCUT2D eigenvalue weighted by molar-refractivity contribution is 6.03. The Kier molecular flexibility index (Phi) is 4.19. The molecule has 0 saturated carbocycles. The minimum absolute atomic E-state index is 0.530. The number of benzene rings is 2.